The van der Waals surface area contributed by atoms with E-state index in [-0.39, 0.29) is 17.5 Å². The Kier molecular flexibility index (Phi) is 5.14. The van der Waals surface area contributed by atoms with Crippen LogP contribution in [0.5, 0.6) is 0 Å². The van der Waals surface area contributed by atoms with Crippen molar-refractivity contribution in [3.8, 4) is 6.07 Å². The maximum Gasteiger partial charge on any atom is 0.153 e. The minimum atomic E-state index is -2.86. The van der Waals surface area contributed by atoms with E-state index in [1.54, 1.807) is 0 Å². The Balaban J connectivity index is 2.52. The minimum Gasteiger partial charge on any atom is -0.300 e. The molecule has 1 rings (SSSR count). The van der Waals surface area contributed by atoms with Crippen molar-refractivity contribution in [1.82, 2.24) is 10.2 Å². The summed E-state index contributed by atoms with van der Waals surface area (Å²) in [6.07, 6.45) is 0.710. The van der Waals surface area contributed by atoms with E-state index in [1.165, 1.54) is 0 Å². The third-order valence-corrected chi connectivity index (χ3v) is 5.32. The lowest BCUT2D eigenvalue weighted by atomic mass is 9.99. The molecule has 1 heterocycles. The molecule has 6 heteroatoms. The van der Waals surface area contributed by atoms with E-state index in [9.17, 15) is 8.42 Å². The first-order chi connectivity index (χ1) is 8.32. The highest BCUT2D eigenvalue weighted by atomic mass is 32.2. The summed E-state index contributed by atoms with van der Waals surface area (Å²) >= 11 is 0. The molecule has 0 aromatic rings. The quantitative estimate of drug-likeness (QED) is 0.784. The Bertz CT molecular complexity index is 416. The number of nitrogens with one attached hydrogen (secondary N) is 1. The molecule has 2 unspecified atom stereocenters. The highest BCUT2D eigenvalue weighted by Crippen LogP contribution is 2.15. The van der Waals surface area contributed by atoms with Crippen LogP contribution < -0.4 is 5.32 Å². The first-order valence-corrected chi connectivity index (χ1v) is 8.25. The summed E-state index contributed by atoms with van der Waals surface area (Å²) in [7, 11) is -2.86. The van der Waals surface area contributed by atoms with Crippen molar-refractivity contribution < 1.29 is 8.42 Å². The molecule has 1 aliphatic heterocycles. The number of nitriles is 1. The van der Waals surface area contributed by atoms with Gasteiger partial charge in [0.15, 0.2) is 9.84 Å². The van der Waals surface area contributed by atoms with Gasteiger partial charge in [-0.05, 0) is 26.8 Å². The van der Waals surface area contributed by atoms with Crippen molar-refractivity contribution in [1.29, 1.82) is 5.26 Å². The lowest BCUT2D eigenvalue weighted by molar-refractivity contribution is 0.206. The monoisotopic (exact) mass is 273 g/mol. The average molecular weight is 273 g/mol. The number of nitrogens with zero attached hydrogens (tertiary/aromatic N) is 2. The van der Waals surface area contributed by atoms with Crippen LogP contribution in [0, 0.1) is 11.3 Å². The maximum absolute atomic E-state index is 11.5. The summed E-state index contributed by atoms with van der Waals surface area (Å²) < 4.78 is 23.0. The molecule has 0 bridgehead atoms. The van der Waals surface area contributed by atoms with Crippen molar-refractivity contribution in [3.05, 3.63) is 0 Å². The normalized spacial score (nSPS) is 27.3. The molecule has 0 amide bonds. The second kappa shape index (κ2) is 6.00. The summed E-state index contributed by atoms with van der Waals surface area (Å²) in [5, 5.41) is 12.3. The van der Waals surface area contributed by atoms with Crippen molar-refractivity contribution in [2.24, 2.45) is 0 Å². The Hall–Kier alpha value is -0.640. The molecule has 0 saturated carbocycles. The van der Waals surface area contributed by atoms with Gasteiger partial charge in [-0.3, -0.25) is 10.2 Å². The van der Waals surface area contributed by atoms with Crippen molar-refractivity contribution >= 4 is 9.84 Å². The fourth-order valence-electron chi connectivity index (χ4n) is 2.31. The lowest BCUT2D eigenvalue weighted by Gasteiger charge is -2.35. The van der Waals surface area contributed by atoms with E-state index in [2.05, 4.69) is 16.3 Å². The third kappa shape index (κ3) is 4.23. The van der Waals surface area contributed by atoms with E-state index in [0.29, 0.717) is 13.0 Å². The standard InChI is InChI=1S/C12H23N3O2S/c1-4-14-12(3,10-13)5-6-15-7-8-18(16,17)9-11(15)2/h11,14H,4-9H2,1-3H3. The molecule has 1 N–H and O–H groups in total. The SMILES string of the molecule is CCNC(C)(C#N)CCN1CCS(=O)(=O)CC1C. The fourth-order valence-corrected chi connectivity index (χ4v) is 3.93. The van der Waals surface area contributed by atoms with Gasteiger partial charge in [0, 0.05) is 19.1 Å². The van der Waals surface area contributed by atoms with Crippen LogP contribution in [0.2, 0.25) is 0 Å². The first kappa shape index (κ1) is 15.4. The molecule has 1 fully saturated rings. The molecule has 0 aromatic carbocycles. The molecular weight excluding hydrogens is 250 g/mol. The van der Waals surface area contributed by atoms with Gasteiger partial charge in [-0.2, -0.15) is 5.26 Å². The molecule has 1 aliphatic rings. The van der Waals surface area contributed by atoms with Gasteiger partial charge in [0.25, 0.3) is 0 Å². The summed E-state index contributed by atoms with van der Waals surface area (Å²) in [5.74, 6) is 0.472. The maximum atomic E-state index is 11.5. The Morgan fingerprint density at radius 1 is 1.56 bits per heavy atom. The molecule has 0 radical (unpaired) electrons. The minimum absolute atomic E-state index is 0.0494. The van der Waals surface area contributed by atoms with Gasteiger partial charge in [-0.1, -0.05) is 6.92 Å². The third-order valence-electron chi connectivity index (χ3n) is 3.52. The molecule has 18 heavy (non-hydrogen) atoms. The predicted octanol–water partition coefficient (Wildman–Crippen LogP) is 0.387. The Labute approximate surface area is 110 Å². The van der Waals surface area contributed by atoms with Crippen molar-refractivity contribution in [2.45, 2.75) is 38.8 Å². The van der Waals surface area contributed by atoms with Gasteiger partial charge >= 0.3 is 0 Å². The first-order valence-electron chi connectivity index (χ1n) is 6.42. The Morgan fingerprint density at radius 2 is 2.22 bits per heavy atom. The second-order valence-electron chi connectivity index (χ2n) is 5.22. The fraction of sp³-hybridized carbons (Fsp3) is 0.917. The lowest BCUT2D eigenvalue weighted by Crippen LogP contribution is -2.50. The highest BCUT2D eigenvalue weighted by Gasteiger charge is 2.30. The van der Waals surface area contributed by atoms with Gasteiger partial charge in [-0.15, -0.1) is 0 Å². The van der Waals surface area contributed by atoms with E-state index in [0.717, 1.165) is 13.1 Å². The van der Waals surface area contributed by atoms with Crippen LogP contribution in [0.1, 0.15) is 27.2 Å². The van der Waals surface area contributed by atoms with Crippen LogP contribution in [-0.2, 0) is 9.84 Å². The van der Waals surface area contributed by atoms with Crippen LogP contribution in [0.15, 0.2) is 0 Å². The summed E-state index contributed by atoms with van der Waals surface area (Å²) in [6, 6.07) is 2.34. The van der Waals surface area contributed by atoms with Gasteiger partial charge in [0.2, 0.25) is 0 Å². The highest BCUT2D eigenvalue weighted by molar-refractivity contribution is 7.91. The van der Waals surface area contributed by atoms with Crippen LogP contribution in [0.25, 0.3) is 0 Å². The van der Waals surface area contributed by atoms with Crippen LogP contribution >= 0.6 is 0 Å². The number of hydrogen-bond donors (Lipinski definition) is 1. The molecule has 0 spiro atoms. The van der Waals surface area contributed by atoms with E-state index in [1.807, 2.05) is 20.8 Å². The summed E-state index contributed by atoms with van der Waals surface area (Å²) in [4.78, 5) is 2.16. The van der Waals surface area contributed by atoms with Crippen LogP contribution in [0.3, 0.4) is 0 Å². The largest absolute Gasteiger partial charge is 0.300 e. The van der Waals surface area contributed by atoms with Gasteiger partial charge < -0.3 is 0 Å². The molecule has 104 valence electrons. The zero-order chi connectivity index (χ0) is 13.8. The smallest absolute Gasteiger partial charge is 0.153 e. The second-order valence-corrected chi connectivity index (χ2v) is 7.45. The molecule has 1 saturated heterocycles. The van der Waals surface area contributed by atoms with Crippen molar-refractivity contribution in [3.63, 3.8) is 0 Å². The van der Waals surface area contributed by atoms with Crippen molar-refractivity contribution in [2.75, 3.05) is 31.1 Å². The molecular formula is C12H23N3O2S. The zero-order valence-corrected chi connectivity index (χ0v) is 12.3. The van der Waals surface area contributed by atoms with E-state index < -0.39 is 15.4 Å². The van der Waals surface area contributed by atoms with Gasteiger partial charge in [0.1, 0.15) is 5.54 Å². The number of rotatable bonds is 5. The number of sulfone groups is 1. The topological polar surface area (TPSA) is 73.2 Å². The molecule has 5 nitrogen and oxygen atoms in total. The molecule has 0 aliphatic carbocycles. The van der Waals surface area contributed by atoms with Gasteiger partial charge in [0.05, 0.1) is 17.6 Å². The summed E-state index contributed by atoms with van der Waals surface area (Å²) in [5.41, 5.74) is -0.523. The van der Waals surface area contributed by atoms with Gasteiger partial charge in [-0.25, -0.2) is 8.42 Å². The summed E-state index contributed by atoms with van der Waals surface area (Å²) in [6.45, 7) is 7.90. The molecule has 0 aromatic heterocycles. The zero-order valence-electron chi connectivity index (χ0n) is 11.4. The molecule has 2 atom stereocenters. The average Bonchev–Trinajstić information content (AvgIpc) is 2.27. The predicted molar refractivity (Wildman–Crippen MR) is 72.0 cm³/mol. The van der Waals surface area contributed by atoms with Crippen LogP contribution in [-0.4, -0.2) is 56.0 Å². The van der Waals surface area contributed by atoms with Crippen LogP contribution in [0.4, 0.5) is 0 Å². The Morgan fingerprint density at radius 3 is 2.72 bits per heavy atom. The van der Waals surface area contributed by atoms with E-state index >= 15 is 0 Å². The number of hydrogen-bond acceptors (Lipinski definition) is 5. The van der Waals surface area contributed by atoms with E-state index in [4.69, 9.17) is 5.26 Å².